The molecule has 0 N–H and O–H groups in total. The lowest BCUT2D eigenvalue weighted by Crippen LogP contribution is -2.00. The molecule has 0 amide bonds. The van der Waals surface area contributed by atoms with Gasteiger partial charge in [0.1, 0.15) is 6.07 Å². The van der Waals surface area contributed by atoms with Gasteiger partial charge >= 0.3 is 0 Å². The summed E-state index contributed by atoms with van der Waals surface area (Å²) < 4.78 is 0. The van der Waals surface area contributed by atoms with E-state index < -0.39 is 0 Å². The van der Waals surface area contributed by atoms with E-state index in [9.17, 15) is 0 Å². The molecular weight excluding hydrogens is 174 g/mol. The third-order valence-corrected chi connectivity index (χ3v) is 1.85. The van der Waals surface area contributed by atoms with Crippen LogP contribution in [0, 0.1) is 18.3 Å². The first kappa shape index (κ1) is 10.3. The molecule has 0 radical (unpaired) electrons. The van der Waals surface area contributed by atoms with Crippen LogP contribution >= 0.6 is 0 Å². The predicted octanol–water partition coefficient (Wildman–Crippen LogP) is 1.79. The van der Waals surface area contributed by atoms with E-state index in [2.05, 4.69) is 11.1 Å². The molecule has 14 heavy (non-hydrogen) atoms. The SMILES string of the molecule is Cc1cncc(C#N)c1/C=C/N(C)C. The molecule has 0 saturated heterocycles. The van der Waals surface area contributed by atoms with Crippen LogP contribution in [0.1, 0.15) is 16.7 Å². The predicted molar refractivity (Wildman–Crippen MR) is 56.4 cm³/mol. The number of nitriles is 1. The standard InChI is InChI=1S/C11H13N3/c1-9-7-13-8-10(6-12)11(9)4-5-14(2)3/h4-5,7-8H,1-3H3/b5-4+. The van der Waals surface area contributed by atoms with Gasteiger partial charge in [0.2, 0.25) is 0 Å². The lowest BCUT2D eigenvalue weighted by molar-refractivity contribution is 0.567. The molecule has 1 heterocycles. The zero-order chi connectivity index (χ0) is 10.6. The highest BCUT2D eigenvalue weighted by Gasteiger charge is 2.01. The summed E-state index contributed by atoms with van der Waals surface area (Å²) in [5.74, 6) is 0. The van der Waals surface area contributed by atoms with Crippen molar-refractivity contribution in [2.45, 2.75) is 6.92 Å². The van der Waals surface area contributed by atoms with Crippen LogP contribution in [0.5, 0.6) is 0 Å². The fourth-order valence-electron chi connectivity index (χ4n) is 1.11. The Morgan fingerprint density at radius 1 is 1.43 bits per heavy atom. The van der Waals surface area contributed by atoms with E-state index in [1.165, 1.54) is 0 Å². The Bertz CT molecular complexity index is 386. The van der Waals surface area contributed by atoms with Crippen molar-refractivity contribution in [3.63, 3.8) is 0 Å². The quantitative estimate of drug-likeness (QED) is 0.708. The number of pyridine rings is 1. The maximum absolute atomic E-state index is 8.87. The Hall–Kier alpha value is -1.82. The average molecular weight is 187 g/mol. The Kier molecular flexibility index (Phi) is 3.24. The molecule has 3 nitrogen and oxygen atoms in total. The fraction of sp³-hybridized carbons (Fsp3) is 0.273. The number of hydrogen-bond acceptors (Lipinski definition) is 3. The topological polar surface area (TPSA) is 39.9 Å². The van der Waals surface area contributed by atoms with Gasteiger partial charge in [-0.15, -0.1) is 0 Å². The summed E-state index contributed by atoms with van der Waals surface area (Å²) in [5.41, 5.74) is 2.57. The summed E-state index contributed by atoms with van der Waals surface area (Å²) in [6.07, 6.45) is 7.19. The summed E-state index contributed by atoms with van der Waals surface area (Å²) in [7, 11) is 3.89. The largest absolute Gasteiger partial charge is 0.383 e. The second-order valence-electron chi connectivity index (χ2n) is 3.31. The van der Waals surface area contributed by atoms with Gasteiger partial charge in [0, 0.05) is 26.5 Å². The number of aromatic nitrogens is 1. The van der Waals surface area contributed by atoms with Crippen molar-refractivity contribution in [2.24, 2.45) is 0 Å². The Labute approximate surface area is 84.3 Å². The highest BCUT2D eigenvalue weighted by Crippen LogP contribution is 2.13. The smallest absolute Gasteiger partial charge is 0.101 e. The molecule has 0 aliphatic rings. The van der Waals surface area contributed by atoms with E-state index >= 15 is 0 Å². The summed E-state index contributed by atoms with van der Waals surface area (Å²) in [6.45, 7) is 1.95. The second kappa shape index (κ2) is 4.43. The molecule has 0 spiro atoms. The third-order valence-electron chi connectivity index (χ3n) is 1.85. The molecule has 1 aromatic heterocycles. The molecule has 0 saturated carbocycles. The van der Waals surface area contributed by atoms with Crippen LogP contribution in [0.4, 0.5) is 0 Å². The Balaban J connectivity index is 3.13. The lowest BCUT2D eigenvalue weighted by Gasteiger charge is -2.05. The van der Waals surface area contributed by atoms with Crippen LogP contribution in [0.15, 0.2) is 18.6 Å². The summed E-state index contributed by atoms with van der Waals surface area (Å²) >= 11 is 0. The molecule has 0 aromatic carbocycles. The van der Waals surface area contributed by atoms with Crippen LogP contribution in [0.25, 0.3) is 6.08 Å². The second-order valence-corrected chi connectivity index (χ2v) is 3.31. The highest BCUT2D eigenvalue weighted by atomic mass is 15.0. The van der Waals surface area contributed by atoms with Crippen LogP contribution in [-0.2, 0) is 0 Å². The van der Waals surface area contributed by atoms with E-state index in [4.69, 9.17) is 5.26 Å². The molecule has 0 fully saturated rings. The van der Waals surface area contributed by atoms with Crippen molar-refractivity contribution in [1.82, 2.24) is 9.88 Å². The molecule has 3 heteroatoms. The molecule has 0 bridgehead atoms. The van der Waals surface area contributed by atoms with E-state index in [0.29, 0.717) is 5.56 Å². The maximum Gasteiger partial charge on any atom is 0.101 e. The minimum atomic E-state index is 0.614. The van der Waals surface area contributed by atoms with Crippen molar-refractivity contribution in [3.05, 3.63) is 35.3 Å². The van der Waals surface area contributed by atoms with Crippen molar-refractivity contribution in [3.8, 4) is 6.07 Å². The van der Waals surface area contributed by atoms with Gasteiger partial charge in [-0.1, -0.05) is 0 Å². The molecular formula is C11H13N3. The van der Waals surface area contributed by atoms with E-state index in [-0.39, 0.29) is 0 Å². The van der Waals surface area contributed by atoms with E-state index in [1.807, 2.05) is 38.2 Å². The average Bonchev–Trinajstić information content (AvgIpc) is 2.15. The number of aryl methyl sites for hydroxylation is 1. The van der Waals surface area contributed by atoms with Crippen molar-refractivity contribution in [2.75, 3.05) is 14.1 Å². The van der Waals surface area contributed by atoms with Gasteiger partial charge in [-0.05, 0) is 30.3 Å². The Morgan fingerprint density at radius 2 is 2.14 bits per heavy atom. The zero-order valence-electron chi connectivity index (χ0n) is 8.65. The number of nitrogens with zero attached hydrogens (tertiary/aromatic N) is 3. The minimum Gasteiger partial charge on any atom is -0.383 e. The van der Waals surface area contributed by atoms with E-state index in [1.54, 1.807) is 12.4 Å². The Morgan fingerprint density at radius 3 is 2.71 bits per heavy atom. The number of hydrogen-bond donors (Lipinski definition) is 0. The molecule has 0 unspecified atom stereocenters. The van der Waals surface area contributed by atoms with Crippen molar-refractivity contribution >= 4 is 6.08 Å². The van der Waals surface area contributed by atoms with Gasteiger partial charge in [0.25, 0.3) is 0 Å². The molecule has 0 aliphatic carbocycles. The van der Waals surface area contributed by atoms with Crippen molar-refractivity contribution in [1.29, 1.82) is 5.26 Å². The molecule has 72 valence electrons. The van der Waals surface area contributed by atoms with Gasteiger partial charge in [-0.25, -0.2) is 0 Å². The first-order chi connectivity index (χ1) is 6.65. The van der Waals surface area contributed by atoms with Gasteiger partial charge in [-0.2, -0.15) is 5.26 Å². The first-order valence-corrected chi connectivity index (χ1v) is 4.34. The van der Waals surface area contributed by atoms with Crippen LogP contribution < -0.4 is 0 Å². The molecule has 0 atom stereocenters. The summed E-state index contributed by atoms with van der Waals surface area (Å²) in [4.78, 5) is 5.90. The van der Waals surface area contributed by atoms with Crippen LogP contribution in [0.3, 0.4) is 0 Å². The van der Waals surface area contributed by atoms with Gasteiger partial charge in [0.05, 0.1) is 5.56 Å². The van der Waals surface area contributed by atoms with E-state index in [0.717, 1.165) is 11.1 Å². The van der Waals surface area contributed by atoms with Crippen LogP contribution in [0.2, 0.25) is 0 Å². The summed E-state index contributed by atoms with van der Waals surface area (Å²) in [5, 5.41) is 8.87. The van der Waals surface area contributed by atoms with Crippen LogP contribution in [-0.4, -0.2) is 24.0 Å². The number of rotatable bonds is 2. The lowest BCUT2D eigenvalue weighted by atomic mass is 10.1. The fourth-order valence-corrected chi connectivity index (χ4v) is 1.11. The monoisotopic (exact) mass is 187 g/mol. The van der Waals surface area contributed by atoms with Gasteiger partial charge in [-0.3, -0.25) is 4.98 Å². The first-order valence-electron chi connectivity index (χ1n) is 4.34. The van der Waals surface area contributed by atoms with Gasteiger partial charge < -0.3 is 4.90 Å². The van der Waals surface area contributed by atoms with Crippen molar-refractivity contribution < 1.29 is 0 Å². The molecule has 1 rings (SSSR count). The van der Waals surface area contributed by atoms with Gasteiger partial charge in [0.15, 0.2) is 0 Å². The zero-order valence-corrected chi connectivity index (χ0v) is 8.65. The normalized spacial score (nSPS) is 10.1. The molecule has 0 aliphatic heterocycles. The maximum atomic E-state index is 8.87. The minimum absolute atomic E-state index is 0.614. The molecule has 1 aromatic rings. The summed E-state index contributed by atoms with van der Waals surface area (Å²) in [6, 6.07) is 2.13. The highest BCUT2D eigenvalue weighted by molar-refractivity contribution is 5.60. The third kappa shape index (κ3) is 2.33.